The highest BCUT2D eigenvalue weighted by Crippen LogP contribution is 2.80. The maximum Gasteiger partial charge on any atom is 0.155 e. The zero-order valence-electron chi connectivity index (χ0n) is 31.4. The molecule has 4 heteroatoms. The number of hydrogen-bond acceptors (Lipinski definition) is 4. The minimum absolute atomic E-state index is 0.0501. The molecule has 7 unspecified atom stereocenters. The average Bonchev–Trinajstić information content (AvgIpc) is 3.94. The second-order valence-electron chi connectivity index (χ2n) is 19.8. The lowest BCUT2D eigenvalue weighted by molar-refractivity contribution is -0.150. The molecule has 10 aliphatic carbocycles. The first-order chi connectivity index (χ1) is 24.8. The van der Waals surface area contributed by atoms with Crippen LogP contribution in [-0.2, 0) is 19.1 Å². The topological polar surface area (TPSA) is 52.6 Å². The van der Waals surface area contributed by atoms with E-state index in [1.165, 1.54) is 68.9 Å². The van der Waals surface area contributed by atoms with Gasteiger partial charge in [0.2, 0.25) is 0 Å². The molecule has 12 aliphatic rings. The Morgan fingerprint density at radius 1 is 0.725 bits per heavy atom. The molecule has 51 heavy (non-hydrogen) atoms. The van der Waals surface area contributed by atoms with Crippen LogP contribution in [0, 0.1) is 87.8 Å². The van der Waals surface area contributed by atoms with Crippen molar-refractivity contribution in [1.29, 1.82) is 0 Å². The molecule has 0 bridgehead atoms. The lowest BCUT2D eigenvalue weighted by Gasteiger charge is -2.60. The minimum atomic E-state index is 0.0501. The van der Waals surface area contributed by atoms with Crippen LogP contribution in [-0.4, -0.2) is 36.0 Å². The Labute approximate surface area is 306 Å². The summed E-state index contributed by atoms with van der Waals surface area (Å²) in [5, 5.41) is 0. The lowest BCUT2D eigenvalue weighted by atomic mass is 9.46. The van der Waals surface area contributed by atoms with E-state index in [0.29, 0.717) is 40.2 Å². The van der Waals surface area contributed by atoms with Crippen LogP contribution in [0.1, 0.15) is 104 Å². The molecular formula is C47H60O4. The second-order valence-corrected chi connectivity index (χ2v) is 19.8. The van der Waals surface area contributed by atoms with E-state index in [2.05, 4.69) is 57.2 Å². The van der Waals surface area contributed by atoms with Crippen molar-refractivity contribution in [1.82, 2.24) is 0 Å². The second kappa shape index (κ2) is 11.0. The maximum atomic E-state index is 12.0. The number of carbonyl (C=O) groups is 2. The SMILES string of the molecule is CC[C@]12CCC3C(C(C)CC4=CC(=O)CC[C@@H]43)C1[C@@H]1C[C@@H]1[C@@]21C=CCO1.CC[C@]12CCC3C(C=CC4=CC(=O)CC[C@@H]43)C1[C@@H]1C[C@@H]1[C@@]21C=CCO1. The molecular weight excluding hydrogens is 629 g/mol. The Morgan fingerprint density at radius 3 is 1.98 bits per heavy atom. The highest BCUT2D eigenvalue weighted by Gasteiger charge is 2.79. The number of hydrogen-bond donors (Lipinski definition) is 0. The van der Waals surface area contributed by atoms with Crippen LogP contribution in [0.2, 0.25) is 0 Å². The third-order valence-electron chi connectivity index (χ3n) is 18.8. The Morgan fingerprint density at radius 2 is 1.33 bits per heavy atom. The highest BCUT2D eigenvalue weighted by atomic mass is 16.5. The molecule has 0 aromatic carbocycles. The molecule has 17 atom stereocenters. The van der Waals surface area contributed by atoms with Crippen molar-refractivity contribution in [2.45, 2.75) is 115 Å². The fourth-order valence-electron chi connectivity index (χ4n) is 17.2. The van der Waals surface area contributed by atoms with Crippen molar-refractivity contribution in [3.05, 3.63) is 59.8 Å². The van der Waals surface area contributed by atoms with Gasteiger partial charge < -0.3 is 9.47 Å². The van der Waals surface area contributed by atoms with Crippen LogP contribution >= 0.6 is 0 Å². The first kappa shape index (κ1) is 32.4. The Bertz CT molecular complexity index is 1700. The Hall–Kier alpha value is -2.04. The smallest absolute Gasteiger partial charge is 0.155 e. The van der Waals surface area contributed by atoms with Gasteiger partial charge in [-0.15, -0.1) is 0 Å². The number of rotatable bonds is 2. The third kappa shape index (κ3) is 4.01. The van der Waals surface area contributed by atoms with E-state index in [9.17, 15) is 9.59 Å². The van der Waals surface area contributed by atoms with Gasteiger partial charge in [-0.25, -0.2) is 0 Å². The van der Waals surface area contributed by atoms with E-state index in [1.807, 2.05) is 12.2 Å². The lowest BCUT2D eigenvalue weighted by Crippen LogP contribution is -2.57. The highest BCUT2D eigenvalue weighted by molar-refractivity contribution is 5.92. The van der Waals surface area contributed by atoms with Gasteiger partial charge in [-0.1, -0.05) is 62.8 Å². The van der Waals surface area contributed by atoms with Crippen LogP contribution in [0.4, 0.5) is 0 Å². The van der Waals surface area contributed by atoms with Crippen molar-refractivity contribution in [2.24, 2.45) is 87.8 Å². The molecule has 2 aliphatic heterocycles. The van der Waals surface area contributed by atoms with E-state index in [4.69, 9.17) is 9.47 Å². The van der Waals surface area contributed by atoms with Gasteiger partial charge in [0.25, 0.3) is 0 Å². The molecule has 0 aromatic heterocycles. The van der Waals surface area contributed by atoms with E-state index in [0.717, 1.165) is 98.1 Å². The van der Waals surface area contributed by atoms with Gasteiger partial charge in [0.05, 0.1) is 24.4 Å². The Kier molecular flexibility index (Phi) is 7.00. The number of ether oxygens (including phenoxy) is 2. The van der Waals surface area contributed by atoms with Crippen LogP contribution in [0.5, 0.6) is 0 Å². The summed E-state index contributed by atoms with van der Waals surface area (Å²) in [6.07, 6.45) is 33.9. The van der Waals surface area contributed by atoms with Crippen LogP contribution in [0.25, 0.3) is 0 Å². The summed E-state index contributed by atoms with van der Waals surface area (Å²) in [6.45, 7) is 8.99. The van der Waals surface area contributed by atoms with E-state index < -0.39 is 0 Å². The summed E-state index contributed by atoms with van der Waals surface area (Å²) in [5.41, 5.74) is 3.70. The summed E-state index contributed by atoms with van der Waals surface area (Å²) in [4.78, 5) is 23.8. The molecule has 0 saturated heterocycles. The van der Waals surface area contributed by atoms with Gasteiger partial charge in [0.15, 0.2) is 11.6 Å². The predicted octanol–water partition coefficient (Wildman–Crippen LogP) is 9.42. The van der Waals surface area contributed by atoms with Crippen molar-refractivity contribution >= 4 is 11.6 Å². The quantitative estimate of drug-likeness (QED) is 0.271. The number of ketones is 2. The minimum Gasteiger partial charge on any atom is -0.366 e. The molecule has 0 N–H and O–H groups in total. The van der Waals surface area contributed by atoms with E-state index >= 15 is 0 Å². The summed E-state index contributed by atoms with van der Waals surface area (Å²) in [6, 6.07) is 0. The molecule has 12 rings (SSSR count). The van der Waals surface area contributed by atoms with Crippen molar-refractivity contribution in [2.75, 3.05) is 13.2 Å². The van der Waals surface area contributed by atoms with Gasteiger partial charge >= 0.3 is 0 Å². The zero-order chi connectivity index (χ0) is 34.5. The first-order valence-electron chi connectivity index (χ1n) is 21.6. The first-order valence-corrected chi connectivity index (χ1v) is 21.6. The summed E-state index contributed by atoms with van der Waals surface area (Å²) in [7, 11) is 0. The maximum absolute atomic E-state index is 12.0. The summed E-state index contributed by atoms with van der Waals surface area (Å²) >= 11 is 0. The molecule has 0 aromatic rings. The average molecular weight is 689 g/mol. The van der Waals surface area contributed by atoms with Gasteiger partial charge in [-0.3, -0.25) is 9.59 Å². The number of carbonyl (C=O) groups excluding carboxylic acids is 2. The van der Waals surface area contributed by atoms with Gasteiger partial charge in [-0.2, -0.15) is 0 Å². The monoisotopic (exact) mass is 688 g/mol. The van der Waals surface area contributed by atoms with Crippen LogP contribution in [0.15, 0.2) is 59.8 Å². The van der Waals surface area contributed by atoms with Crippen molar-refractivity contribution in [3.8, 4) is 0 Å². The fraction of sp³-hybridized carbons (Fsp3) is 0.745. The largest absolute Gasteiger partial charge is 0.366 e. The molecule has 0 radical (unpaired) electrons. The standard InChI is InChI=1S/C24H32O2.C23H28O2/c1-3-23-9-7-18-17-6-5-16(25)12-15(17)11-14(2)21(18)22(23)19-13-20(19)24(23)8-4-10-26-24;1-2-22-10-8-17-16-7-5-15(24)12-14(16)4-6-18(17)21(22)19-13-20(19)23(22)9-3-11-25-23/h4,8,12,14,17-22H,3,5-7,9-11,13H2,1-2H3;3-4,6,9,12,16-21H,2,5,7-8,10-11,13H2,1H3/t14?,17-,18?,19+,20-,21?,22?,23-,24-;16-,17?,18?,19+,20-,21?,22-,23-/m00/s1. The summed E-state index contributed by atoms with van der Waals surface area (Å²) in [5.74, 6) is 10.9. The van der Waals surface area contributed by atoms with Crippen LogP contribution in [0.3, 0.4) is 0 Å². The zero-order valence-corrected chi connectivity index (χ0v) is 31.4. The van der Waals surface area contributed by atoms with Crippen molar-refractivity contribution < 1.29 is 19.1 Å². The molecule has 0 amide bonds. The van der Waals surface area contributed by atoms with E-state index in [-0.39, 0.29) is 11.2 Å². The fourth-order valence-corrected chi connectivity index (χ4v) is 17.2. The molecule has 2 heterocycles. The van der Waals surface area contributed by atoms with E-state index in [1.54, 1.807) is 0 Å². The predicted molar refractivity (Wildman–Crippen MR) is 198 cm³/mol. The third-order valence-corrected chi connectivity index (χ3v) is 18.8. The number of allylic oxidation sites excluding steroid dienone is 5. The normalized spacial score (nSPS) is 55.7. The Balaban J connectivity index is 0.000000122. The van der Waals surface area contributed by atoms with Gasteiger partial charge in [-0.05, 0) is 165 Å². The molecule has 272 valence electrons. The van der Waals surface area contributed by atoms with Gasteiger partial charge in [0.1, 0.15) is 0 Å². The van der Waals surface area contributed by atoms with Gasteiger partial charge in [0, 0.05) is 23.7 Å². The van der Waals surface area contributed by atoms with Crippen molar-refractivity contribution in [3.63, 3.8) is 0 Å². The van der Waals surface area contributed by atoms with Crippen LogP contribution < -0.4 is 0 Å². The molecule has 7 fully saturated rings. The molecule has 2 spiro atoms. The number of fused-ring (bicyclic) bond motifs is 18. The molecule has 7 saturated carbocycles. The summed E-state index contributed by atoms with van der Waals surface area (Å²) < 4.78 is 13.1. The molecule has 4 nitrogen and oxygen atoms in total.